The molecule has 0 bridgehead atoms. The van der Waals surface area contributed by atoms with E-state index in [1.807, 2.05) is 13.8 Å². The fourth-order valence-electron chi connectivity index (χ4n) is 1.50. The average molecular weight is 273 g/mol. The molecule has 5 nitrogen and oxygen atoms in total. The quantitative estimate of drug-likeness (QED) is 0.810. The lowest BCUT2D eigenvalue weighted by Gasteiger charge is -2.13. The van der Waals surface area contributed by atoms with E-state index in [0.717, 1.165) is 11.1 Å². The molecule has 1 aromatic rings. The van der Waals surface area contributed by atoms with Gasteiger partial charge < -0.3 is 9.84 Å². The van der Waals surface area contributed by atoms with Crippen molar-refractivity contribution in [1.29, 1.82) is 0 Å². The molecule has 1 aromatic carbocycles. The molecule has 6 heteroatoms. The van der Waals surface area contributed by atoms with Crippen LogP contribution >= 0.6 is 0 Å². The monoisotopic (exact) mass is 273 g/mol. The summed E-state index contributed by atoms with van der Waals surface area (Å²) in [7, 11) is -3.65. The Labute approximate surface area is 108 Å². The Bertz CT molecular complexity index is 511. The third-order valence-corrected chi connectivity index (χ3v) is 4.04. The molecule has 0 aliphatic heterocycles. The summed E-state index contributed by atoms with van der Waals surface area (Å²) in [5.41, 5.74) is 1.85. The molecule has 0 aliphatic rings. The second kappa shape index (κ2) is 6.17. The molecule has 0 fully saturated rings. The number of ether oxygens (including phenoxy) is 1. The summed E-state index contributed by atoms with van der Waals surface area (Å²) in [6, 6.07) is 3.30. The van der Waals surface area contributed by atoms with Crippen LogP contribution in [-0.2, 0) is 10.0 Å². The summed E-state index contributed by atoms with van der Waals surface area (Å²) in [5.74, 6) is 0.339. The van der Waals surface area contributed by atoms with Crippen molar-refractivity contribution in [1.82, 2.24) is 4.72 Å². The number of aryl methyl sites for hydroxylation is 2. The van der Waals surface area contributed by atoms with E-state index in [9.17, 15) is 8.42 Å². The van der Waals surface area contributed by atoms with Crippen molar-refractivity contribution in [3.8, 4) is 5.75 Å². The Kier molecular flexibility index (Phi) is 5.13. The fraction of sp³-hybridized carbons (Fsp3) is 0.500. The Balaban J connectivity index is 3.24. The molecule has 102 valence electrons. The van der Waals surface area contributed by atoms with Gasteiger partial charge in [0.1, 0.15) is 10.6 Å². The summed E-state index contributed by atoms with van der Waals surface area (Å²) < 4.78 is 31.8. The minimum Gasteiger partial charge on any atom is -0.492 e. The van der Waals surface area contributed by atoms with Crippen LogP contribution in [0, 0.1) is 13.8 Å². The topological polar surface area (TPSA) is 75.6 Å². The lowest BCUT2D eigenvalue weighted by molar-refractivity contribution is 0.300. The number of hydrogen-bond acceptors (Lipinski definition) is 4. The van der Waals surface area contributed by atoms with E-state index < -0.39 is 10.0 Å². The summed E-state index contributed by atoms with van der Waals surface area (Å²) in [6.45, 7) is 5.68. The number of rotatable bonds is 6. The smallest absolute Gasteiger partial charge is 0.244 e. The average Bonchev–Trinajstić information content (AvgIpc) is 2.31. The van der Waals surface area contributed by atoms with E-state index in [4.69, 9.17) is 9.84 Å². The maximum absolute atomic E-state index is 12.0. The van der Waals surface area contributed by atoms with E-state index in [1.165, 1.54) is 0 Å². The van der Waals surface area contributed by atoms with E-state index >= 15 is 0 Å². The van der Waals surface area contributed by atoms with Crippen molar-refractivity contribution >= 4 is 10.0 Å². The molecule has 0 aliphatic carbocycles. The van der Waals surface area contributed by atoms with Gasteiger partial charge in [0.05, 0.1) is 13.2 Å². The van der Waals surface area contributed by atoms with Crippen molar-refractivity contribution in [3.63, 3.8) is 0 Å². The van der Waals surface area contributed by atoms with Crippen LogP contribution in [0.5, 0.6) is 5.75 Å². The Morgan fingerprint density at radius 2 is 1.89 bits per heavy atom. The zero-order valence-corrected chi connectivity index (χ0v) is 11.7. The fourth-order valence-corrected chi connectivity index (χ4v) is 2.73. The number of sulfonamides is 1. The molecule has 2 N–H and O–H groups in total. The number of nitrogens with one attached hydrogen (secondary N) is 1. The maximum Gasteiger partial charge on any atom is 0.244 e. The SMILES string of the molecule is CCOc1cc(C)c(C)cc1S(=O)(=O)NCCO. The van der Waals surface area contributed by atoms with Crippen LogP contribution in [0.25, 0.3) is 0 Å². The highest BCUT2D eigenvalue weighted by molar-refractivity contribution is 7.89. The van der Waals surface area contributed by atoms with Gasteiger partial charge >= 0.3 is 0 Å². The number of hydrogen-bond donors (Lipinski definition) is 2. The highest BCUT2D eigenvalue weighted by Crippen LogP contribution is 2.27. The molecule has 0 atom stereocenters. The molecule has 0 aromatic heterocycles. The largest absolute Gasteiger partial charge is 0.492 e. The molecule has 0 saturated carbocycles. The van der Waals surface area contributed by atoms with Crippen LogP contribution in [0.15, 0.2) is 17.0 Å². The van der Waals surface area contributed by atoms with Crippen molar-refractivity contribution in [3.05, 3.63) is 23.3 Å². The van der Waals surface area contributed by atoms with E-state index in [-0.39, 0.29) is 18.0 Å². The summed E-state index contributed by atoms with van der Waals surface area (Å²) in [5, 5.41) is 8.69. The van der Waals surface area contributed by atoms with Gasteiger partial charge in [-0.25, -0.2) is 13.1 Å². The summed E-state index contributed by atoms with van der Waals surface area (Å²) in [4.78, 5) is 0.112. The van der Waals surface area contributed by atoms with Crippen LogP contribution < -0.4 is 9.46 Å². The molecular weight excluding hydrogens is 254 g/mol. The van der Waals surface area contributed by atoms with Gasteiger partial charge in [-0.3, -0.25) is 0 Å². The molecule has 0 saturated heterocycles. The first-order valence-electron chi connectivity index (χ1n) is 5.77. The second-order valence-electron chi connectivity index (χ2n) is 3.94. The normalized spacial score (nSPS) is 11.6. The van der Waals surface area contributed by atoms with Crippen LogP contribution in [0.1, 0.15) is 18.1 Å². The van der Waals surface area contributed by atoms with Crippen molar-refractivity contribution < 1.29 is 18.3 Å². The molecule has 0 radical (unpaired) electrons. The molecule has 0 spiro atoms. The van der Waals surface area contributed by atoms with Crippen LogP contribution in [0.2, 0.25) is 0 Å². The number of aliphatic hydroxyl groups excluding tert-OH is 1. The first-order chi connectivity index (χ1) is 8.42. The van der Waals surface area contributed by atoms with Gasteiger partial charge in [-0.15, -0.1) is 0 Å². The van der Waals surface area contributed by atoms with Crippen LogP contribution in [0.3, 0.4) is 0 Å². The van der Waals surface area contributed by atoms with Crippen molar-refractivity contribution in [2.45, 2.75) is 25.7 Å². The molecule has 0 amide bonds. The molecule has 1 rings (SSSR count). The molecule has 0 heterocycles. The highest BCUT2D eigenvalue weighted by Gasteiger charge is 2.20. The van der Waals surface area contributed by atoms with E-state index in [2.05, 4.69) is 4.72 Å². The van der Waals surface area contributed by atoms with Gasteiger partial charge in [0.2, 0.25) is 10.0 Å². The third kappa shape index (κ3) is 3.44. The van der Waals surface area contributed by atoms with Gasteiger partial charge in [0, 0.05) is 6.54 Å². The zero-order chi connectivity index (χ0) is 13.8. The van der Waals surface area contributed by atoms with Gasteiger partial charge in [-0.05, 0) is 44.0 Å². The van der Waals surface area contributed by atoms with Crippen LogP contribution in [0.4, 0.5) is 0 Å². The minimum atomic E-state index is -3.65. The van der Waals surface area contributed by atoms with Gasteiger partial charge in [0.25, 0.3) is 0 Å². The first kappa shape index (κ1) is 14.9. The predicted molar refractivity (Wildman–Crippen MR) is 69.4 cm³/mol. The minimum absolute atomic E-state index is 0.0131. The molecule has 18 heavy (non-hydrogen) atoms. The summed E-state index contributed by atoms with van der Waals surface area (Å²) in [6.07, 6.45) is 0. The first-order valence-corrected chi connectivity index (χ1v) is 7.25. The third-order valence-electron chi connectivity index (χ3n) is 2.55. The lowest BCUT2D eigenvalue weighted by atomic mass is 10.1. The van der Waals surface area contributed by atoms with Gasteiger partial charge in [-0.1, -0.05) is 0 Å². The Morgan fingerprint density at radius 3 is 2.44 bits per heavy atom. The van der Waals surface area contributed by atoms with Crippen molar-refractivity contribution in [2.24, 2.45) is 0 Å². The number of benzene rings is 1. The predicted octanol–water partition coefficient (Wildman–Crippen LogP) is 0.973. The van der Waals surface area contributed by atoms with Gasteiger partial charge in [0.15, 0.2) is 0 Å². The standard InChI is InChI=1S/C12H19NO4S/c1-4-17-11-7-9(2)10(3)8-12(11)18(15,16)13-5-6-14/h7-8,13-14H,4-6H2,1-3H3. The Morgan fingerprint density at radius 1 is 1.28 bits per heavy atom. The van der Waals surface area contributed by atoms with Crippen molar-refractivity contribution in [2.75, 3.05) is 19.8 Å². The second-order valence-corrected chi connectivity index (χ2v) is 5.67. The zero-order valence-electron chi connectivity index (χ0n) is 10.9. The lowest BCUT2D eigenvalue weighted by Crippen LogP contribution is -2.27. The Hall–Kier alpha value is -1.11. The van der Waals surface area contributed by atoms with Gasteiger partial charge in [-0.2, -0.15) is 0 Å². The highest BCUT2D eigenvalue weighted by atomic mass is 32.2. The summed E-state index contributed by atoms with van der Waals surface area (Å²) >= 11 is 0. The number of aliphatic hydroxyl groups is 1. The molecular formula is C12H19NO4S. The maximum atomic E-state index is 12.0. The van der Waals surface area contributed by atoms with E-state index in [0.29, 0.717) is 12.4 Å². The van der Waals surface area contributed by atoms with Crippen LogP contribution in [-0.4, -0.2) is 33.3 Å². The molecule has 0 unspecified atom stereocenters. The van der Waals surface area contributed by atoms with E-state index in [1.54, 1.807) is 19.1 Å².